The number of carbonyl (C=O) groups is 1. The van der Waals surface area contributed by atoms with Crippen LogP contribution < -0.4 is 5.76 Å². The number of aryl methyl sites for hydroxylation is 2. The molecule has 4 rings (SSSR count). The lowest BCUT2D eigenvalue weighted by molar-refractivity contribution is 0.0494. The maximum Gasteiger partial charge on any atom is 0.419 e. The van der Waals surface area contributed by atoms with E-state index in [1.165, 1.54) is 0 Å². The molecule has 0 fully saturated rings. The van der Waals surface area contributed by atoms with Gasteiger partial charge in [0.2, 0.25) is 0 Å². The van der Waals surface area contributed by atoms with Crippen LogP contribution in [0, 0.1) is 13.8 Å². The summed E-state index contributed by atoms with van der Waals surface area (Å²) in [6.45, 7) is 4.66. The first kappa shape index (κ1) is 20.9. The molecule has 0 amide bonds. The highest BCUT2D eigenvalue weighted by atomic mass is 35.5. The maximum atomic E-state index is 12.7. The molecule has 0 aliphatic rings. The summed E-state index contributed by atoms with van der Waals surface area (Å²) in [5.41, 5.74) is 3.98. The lowest BCUT2D eigenvalue weighted by Gasteiger charge is -2.08. The Balaban J connectivity index is 1.40. The van der Waals surface area contributed by atoms with Crippen molar-refractivity contribution in [3.8, 4) is 0 Å². The fourth-order valence-corrected chi connectivity index (χ4v) is 3.82. The number of rotatable bonds is 7. The zero-order valence-electron chi connectivity index (χ0n) is 17.3. The van der Waals surface area contributed by atoms with Crippen molar-refractivity contribution in [2.45, 2.75) is 33.4 Å². The van der Waals surface area contributed by atoms with E-state index < -0.39 is 11.7 Å². The molecule has 0 aliphatic heterocycles. The number of hydrogen-bond donors (Lipinski definition) is 0. The van der Waals surface area contributed by atoms with Gasteiger partial charge in [0, 0.05) is 11.6 Å². The minimum atomic E-state index is -0.426. The van der Waals surface area contributed by atoms with Crippen molar-refractivity contribution in [2.75, 3.05) is 6.61 Å². The molecule has 0 spiro atoms. The molecule has 2 heterocycles. The number of oxazole rings is 1. The second kappa shape index (κ2) is 8.81. The van der Waals surface area contributed by atoms with Crippen LogP contribution in [0.2, 0.25) is 5.02 Å². The van der Waals surface area contributed by atoms with Gasteiger partial charge in [0.25, 0.3) is 0 Å². The molecule has 31 heavy (non-hydrogen) atoms. The van der Waals surface area contributed by atoms with Gasteiger partial charge in [-0.25, -0.2) is 9.59 Å². The minimum Gasteiger partial charge on any atom is -0.462 e. The summed E-state index contributed by atoms with van der Waals surface area (Å²) in [5.74, 6) is -0.843. The molecular weight excluding hydrogens is 418 g/mol. The first-order valence-corrected chi connectivity index (χ1v) is 10.4. The van der Waals surface area contributed by atoms with Crippen molar-refractivity contribution < 1.29 is 13.9 Å². The lowest BCUT2D eigenvalue weighted by atomic mass is 10.2. The molecule has 2 aromatic heterocycles. The molecule has 0 N–H and O–H groups in total. The number of esters is 1. The lowest BCUT2D eigenvalue weighted by Crippen LogP contribution is -2.16. The molecule has 0 saturated heterocycles. The Morgan fingerprint density at radius 3 is 2.68 bits per heavy atom. The SMILES string of the molecule is Cc1nn(Cc2ccccc2Cl)c(C)c1C(=O)OCCCn1c(=O)oc2ccccc21. The van der Waals surface area contributed by atoms with Gasteiger partial charge >= 0.3 is 11.7 Å². The maximum absolute atomic E-state index is 12.7. The number of para-hydroxylation sites is 2. The highest BCUT2D eigenvalue weighted by molar-refractivity contribution is 6.31. The summed E-state index contributed by atoms with van der Waals surface area (Å²) < 4.78 is 14.0. The minimum absolute atomic E-state index is 0.180. The number of aromatic nitrogens is 3. The summed E-state index contributed by atoms with van der Waals surface area (Å²) in [6, 6.07) is 14.8. The van der Waals surface area contributed by atoms with E-state index in [1.54, 1.807) is 22.2 Å². The largest absolute Gasteiger partial charge is 0.462 e. The summed E-state index contributed by atoms with van der Waals surface area (Å²) in [7, 11) is 0. The van der Waals surface area contributed by atoms with Crippen molar-refractivity contribution >= 4 is 28.7 Å². The monoisotopic (exact) mass is 439 g/mol. The summed E-state index contributed by atoms with van der Waals surface area (Å²) in [6.07, 6.45) is 0.487. The van der Waals surface area contributed by atoms with Crippen LogP contribution in [0.4, 0.5) is 0 Å². The molecule has 0 unspecified atom stereocenters. The number of carbonyl (C=O) groups excluding carboxylic acids is 1. The van der Waals surface area contributed by atoms with Gasteiger partial charge in [0.1, 0.15) is 5.56 Å². The second-order valence-electron chi connectivity index (χ2n) is 7.27. The molecule has 160 valence electrons. The standard InChI is InChI=1S/C23H22ClN3O4/c1-15-21(16(2)27(25-15)14-17-8-3-4-9-18(17)24)22(28)30-13-7-12-26-19-10-5-6-11-20(19)31-23(26)29/h3-6,8-11H,7,12-14H2,1-2H3. The highest BCUT2D eigenvalue weighted by Gasteiger charge is 2.20. The summed E-state index contributed by atoms with van der Waals surface area (Å²) in [4.78, 5) is 24.7. The van der Waals surface area contributed by atoms with Crippen LogP contribution in [0.15, 0.2) is 57.7 Å². The fraction of sp³-hybridized carbons (Fsp3) is 0.261. The summed E-state index contributed by atoms with van der Waals surface area (Å²) >= 11 is 6.25. The average molecular weight is 440 g/mol. The molecule has 0 bridgehead atoms. The van der Waals surface area contributed by atoms with Gasteiger partial charge in [-0.3, -0.25) is 9.25 Å². The van der Waals surface area contributed by atoms with Crippen LogP contribution in [-0.4, -0.2) is 26.9 Å². The van der Waals surface area contributed by atoms with E-state index >= 15 is 0 Å². The molecule has 8 heteroatoms. The van der Waals surface area contributed by atoms with Crippen molar-refractivity contribution in [3.63, 3.8) is 0 Å². The molecule has 0 radical (unpaired) electrons. The van der Waals surface area contributed by atoms with Crippen molar-refractivity contribution in [3.05, 3.63) is 86.6 Å². The van der Waals surface area contributed by atoms with Gasteiger partial charge in [-0.2, -0.15) is 5.10 Å². The third kappa shape index (κ3) is 4.27. The van der Waals surface area contributed by atoms with E-state index in [2.05, 4.69) is 5.10 Å². The van der Waals surface area contributed by atoms with Gasteiger partial charge in [-0.15, -0.1) is 0 Å². The number of fused-ring (bicyclic) bond motifs is 1. The number of hydrogen-bond acceptors (Lipinski definition) is 5. The Kier molecular flexibility index (Phi) is 5.95. The van der Waals surface area contributed by atoms with Crippen LogP contribution >= 0.6 is 11.6 Å². The first-order valence-electron chi connectivity index (χ1n) is 9.98. The van der Waals surface area contributed by atoms with Crippen LogP contribution in [-0.2, 0) is 17.8 Å². The van der Waals surface area contributed by atoms with Crippen molar-refractivity contribution in [2.24, 2.45) is 0 Å². The number of halogens is 1. The topological polar surface area (TPSA) is 79.3 Å². The number of ether oxygens (including phenoxy) is 1. The molecule has 4 aromatic rings. The molecule has 0 saturated carbocycles. The smallest absolute Gasteiger partial charge is 0.419 e. The third-order valence-electron chi connectivity index (χ3n) is 5.20. The average Bonchev–Trinajstić information content (AvgIpc) is 3.21. The summed E-state index contributed by atoms with van der Waals surface area (Å²) in [5, 5.41) is 5.14. The number of benzene rings is 2. The predicted molar refractivity (Wildman–Crippen MR) is 118 cm³/mol. The predicted octanol–water partition coefficient (Wildman–Crippen LogP) is 4.36. The van der Waals surface area contributed by atoms with Crippen LogP contribution in [0.3, 0.4) is 0 Å². The van der Waals surface area contributed by atoms with Gasteiger partial charge in [0.15, 0.2) is 5.58 Å². The van der Waals surface area contributed by atoms with Crippen LogP contribution in [0.5, 0.6) is 0 Å². The van der Waals surface area contributed by atoms with Gasteiger partial charge in [0.05, 0.1) is 30.1 Å². The Hall–Kier alpha value is -3.32. The van der Waals surface area contributed by atoms with E-state index in [4.69, 9.17) is 20.8 Å². The van der Waals surface area contributed by atoms with Crippen molar-refractivity contribution in [1.82, 2.24) is 14.3 Å². The van der Waals surface area contributed by atoms with Gasteiger partial charge in [-0.05, 0) is 44.0 Å². The van der Waals surface area contributed by atoms with Gasteiger partial charge < -0.3 is 9.15 Å². The Morgan fingerprint density at radius 1 is 1.13 bits per heavy atom. The third-order valence-corrected chi connectivity index (χ3v) is 5.57. The highest BCUT2D eigenvalue weighted by Crippen LogP contribution is 2.20. The van der Waals surface area contributed by atoms with E-state index in [0.717, 1.165) is 16.8 Å². The zero-order valence-corrected chi connectivity index (χ0v) is 18.1. The Labute approximate surface area is 183 Å². The quantitative estimate of drug-likeness (QED) is 0.316. The first-order chi connectivity index (χ1) is 15.0. The Bertz CT molecular complexity index is 1300. The van der Waals surface area contributed by atoms with Crippen LogP contribution in [0.25, 0.3) is 11.1 Å². The van der Waals surface area contributed by atoms with E-state index in [-0.39, 0.29) is 6.61 Å². The molecule has 2 aromatic carbocycles. The second-order valence-corrected chi connectivity index (χ2v) is 7.68. The van der Waals surface area contributed by atoms with Gasteiger partial charge in [-0.1, -0.05) is 41.9 Å². The van der Waals surface area contributed by atoms with Crippen LogP contribution in [0.1, 0.15) is 33.7 Å². The van der Waals surface area contributed by atoms with E-state index in [0.29, 0.717) is 41.4 Å². The van der Waals surface area contributed by atoms with E-state index in [9.17, 15) is 9.59 Å². The zero-order chi connectivity index (χ0) is 22.0. The Morgan fingerprint density at radius 2 is 1.87 bits per heavy atom. The molecule has 7 nitrogen and oxygen atoms in total. The molecule has 0 atom stereocenters. The molecular formula is C23H22ClN3O4. The number of nitrogens with zero attached hydrogens (tertiary/aromatic N) is 3. The molecule has 0 aliphatic carbocycles. The van der Waals surface area contributed by atoms with E-state index in [1.807, 2.05) is 49.4 Å². The fourth-order valence-electron chi connectivity index (χ4n) is 3.62. The van der Waals surface area contributed by atoms with Crippen molar-refractivity contribution in [1.29, 1.82) is 0 Å². The normalized spacial score (nSPS) is 11.2.